The molecule has 1 aromatic rings. The Hall–Kier alpha value is -2.04. The summed E-state index contributed by atoms with van der Waals surface area (Å²) in [4.78, 5) is 25.0. The van der Waals surface area contributed by atoms with Crippen molar-refractivity contribution >= 4 is 23.3 Å². The van der Waals surface area contributed by atoms with Gasteiger partial charge >= 0.3 is 6.03 Å². The first kappa shape index (κ1) is 17.0. The highest BCUT2D eigenvalue weighted by Crippen LogP contribution is 2.20. The predicted molar refractivity (Wildman–Crippen MR) is 86.6 cm³/mol. The number of nitrogens with zero attached hydrogens (tertiary/aromatic N) is 1. The molecule has 3 amide bonds. The van der Waals surface area contributed by atoms with Crippen LogP contribution in [0.1, 0.15) is 39.2 Å². The lowest BCUT2D eigenvalue weighted by atomic mass is 10.1. The zero-order valence-corrected chi connectivity index (χ0v) is 13.5. The minimum atomic E-state index is -0.145. The molecule has 1 atom stereocenters. The normalized spacial score (nSPS) is 11.7. The zero-order chi connectivity index (χ0) is 16.0. The molecule has 0 fully saturated rings. The largest absolute Gasteiger partial charge is 0.326 e. The van der Waals surface area contributed by atoms with Crippen molar-refractivity contribution < 1.29 is 9.59 Å². The Morgan fingerprint density at radius 1 is 1.29 bits per heavy atom. The van der Waals surface area contributed by atoms with E-state index in [0.717, 1.165) is 18.4 Å². The van der Waals surface area contributed by atoms with Crippen LogP contribution in [-0.4, -0.2) is 29.9 Å². The average molecular weight is 291 g/mol. The van der Waals surface area contributed by atoms with Crippen molar-refractivity contribution in [3.8, 4) is 0 Å². The summed E-state index contributed by atoms with van der Waals surface area (Å²) in [5, 5.41) is 5.61. The summed E-state index contributed by atoms with van der Waals surface area (Å²) in [6, 6.07) is 5.52. The summed E-state index contributed by atoms with van der Waals surface area (Å²) >= 11 is 0. The highest BCUT2D eigenvalue weighted by molar-refractivity contribution is 5.93. The van der Waals surface area contributed by atoms with Crippen LogP contribution in [0.15, 0.2) is 18.2 Å². The Labute approximate surface area is 126 Å². The highest BCUT2D eigenvalue weighted by atomic mass is 16.2. The molecule has 0 aliphatic carbocycles. The van der Waals surface area contributed by atoms with E-state index in [9.17, 15) is 9.59 Å². The second kappa shape index (κ2) is 7.67. The van der Waals surface area contributed by atoms with E-state index in [1.54, 1.807) is 18.0 Å². The van der Waals surface area contributed by atoms with Gasteiger partial charge in [-0.2, -0.15) is 0 Å². The van der Waals surface area contributed by atoms with Crippen LogP contribution in [0.4, 0.5) is 16.2 Å². The van der Waals surface area contributed by atoms with Crippen molar-refractivity contribution in [2.75, 3.05) is 17.7 Å². The van der Waals surface area contributed by atoms with E-state index >= 15 is 0 Å². The molecule has 21 heavy (non-hydrogen) atoms. The van der Waals surface area contributed by atoms with Gasteiger partial charge in [0.15, 0.2) is 0 Å². The Morgan fingerprint density at radius 2 is 1.95 bits per heavy atom. The van der Waals surface area contributed by atoms with E-state index in [1.807, 2.05) is 26.0 Å². The number of hydrogen-bond acceptors (Lipinski definition) is 2. The number of anilines is 2. The number of amides is 3. The van der Waals surface area contributed by atoms with Gasteiger partial charge in [0, 0.05) is 31.4 Å². The van der Waals surface area contributed by atoms with E-state index in [1.165, 1.54) is 6.92 Å². The summed E-state index contributed by atoms with van der Waals surface area (Å²) < 4.78 is 0. The van der Waals surface area contributed by atoms with Crippen molar-refractivity contribution in [1.82, 2.24) is 4.90 Å². The van der Waals surface area contributed by atoms with E-state index in [-0.39, 0.29) is 18.0 Å². The summed E-state index contributed by atoms with van der Waals surface area (Å²) in [6.45, 7) is 7.50. The number of urea groups is 1. The zero-order valence-electron chi connectivity index (χ0n) is 13.5. The first-order valence-electron chi connectivity index (χ1n) is 7.27. The molecule has 0 aromatic heterocycles. The molecule has 5 heteroatoms. The van der Waals surface area contributed by atoms with Crippen molar-refractivity contribution in [3.63, 3.8) is 0 Å². The molecule has 0 unspecified atom stereocenters. The van der Waals surface area contributed by atoms with Crippen LogP contribution < -0.4 is 10.6 Å². The van der Waals surface area contributed by atoms with Gasteiger partial charge in [-0.1, -0.05) is 19.4 Å². The Bertz CT molecular complexity index is 514. The Balaban J connectivity index is 2.78. The fourth-order valence-corrected chi connectivity index (χ4v) is 2.05. The van der Waals surface area contributed by atoms with Crippen molar-refractivity contribution in [3.05, 3.63) is 23.8 Å². The molecule has 116 valence electrons. The molecule has 0 aliphatic rings. The minimum absolute atomic E-state index is 0.129. The van der Waals surface area contributed by atoms with Crippen molar-refractivity contribution in [1.29, 1.82) is 0 Å². The SMILES string of the molecule is CCC[C@@H](C)N(C)C(=O)Nc1ccc(C)c(NC(C)=O)c1. The standard InChI is InChI=1S/C16H25N3O2/c1-6-7-12(3)19(5)16(21)18-14-9-8-11(2)15(10-14)17-13(4)20/h8-10,12H,6-7H2,1-5H3,(H,17,20)(H,18,21)/t12-/m1/s1. The van der Waals surface area contributed by atoms with Crippen LogP contribution in [-0.2, 0) is 4.79 Å². The monoisotopic (exact) mass is 291 g/mol. The topological polar surface area (TPSA) is 61.4 Å². The summed E-state index contributed by atoms with van der Waals surface area (Å²) in [7, 11) is 1.79. The summed E-state index contributed by atoms with van der Waals surface area (Å²) in [5.41, 5.74) is 2.34. The van der Waals surface area contributed by atoms with Crippen LogP contribution in [0.3, 0.4) is 0 Å². The molecular formula is C16H25N3O2. The minimum Gasteiger partial charge on any atom is -0.326 e. The lowest BCUT2D eigenvalue weighted by Crippen LogP contribution is -2.38. The lowest BCUT2D eigenvalue weighted by molar-refractivity contribution is -0.114. The number of hydrogen-bond donors (Lipinski definition) is 2. The van der Waals surface area contributed by atoms with Crippen LogP contribution >= 0.6 is 0 Å². The van der Waals surface area contributed by atoms with Crippen LogP contribution in [0.2, 0.25) is 0 Å². The first-order valence-corrected chi connectivity index (χ1v) is 7.27. The summed E-state index contributed by atoms with van der Waals surface area (Å²) in [6.07, 6.45) is 2.00. The fourth-order valence-electron chi connectivity index (χ4n) is 2.05. The third kappa shape index (κ3) is 5.10. The third-order valence-corrected chi connectivity index (χ3v) is 3.49. The molecule has 5 nitrogen and oxygen atoms in total. The number of carbonyl (C=O) groups excluding carboxylic acids is 2. The highest BCUT2D eigenvalue weighted by Gasteiger charge is 2.15. The average Bonchev–Trinajstić information content (AvgIpc) is 2.41. The molecule has 0 bridgehead atoms. The molecule has 0 saturated carbocycles. The van der Waals surface area contributed by atoms with Crippen LogP contribution in [0.5, 0.6) is 0 Å². The van der Waals surface area contributed by atoms with Crippen LogP contribution in [0.25, 0.3) is 0 Å². The van der Waals surface area contributed by atoms with Crippen molar-refractivity contribution in [2.45, 2.75) is 46.6 Å². The van der Waals surface area contributed by atoms with Gasteiger partial charge in [-0.15, -0.1) is 0 Å². The molecule has 2 N–H and O–H groups in total. The number of rotatable bonds is 5. The number of benzene rings is 1. The quantitative estimate of drug-likeness (QED) is 0.870. The number of carbonyl (C=O) groups is 2. The van der Waals surface area contributed by atoms with Gasteiger partial charge in [-0.25, -0.2) is 4.79 Å². The smallest absolute Gasteiger partial charge is 0.321 e. The van der Waals surface area contributed by atoms with Gasteiger partial charge in [0.1, 0.15) is 0 Å². The van der Waals surface area contributed by atoms with Gasteiger partial charge in [-0.3, -0.25) is 4.79 Å². The van der Waals surface area contributed by atoms with Gasteiger partial charge in [0.05, 0.1) is 0 Å². The molecule has 0 saturated heterocycles. The summed E-state index contributed by atoms with van der Waals surface area (Å²) in [5.74, 6) is -0.129. The third-order valence-electron chi connectivity index (χ3n) is 3.49. The maximum Gasteiger partial charge on any atom is 0.321 e. The number of aryl methyl sites for hydroxylation is 1. The van der Waals surface area contributed by atoms with E-state index in [4.69, 9.17) is 0 Å². The molecule has 1 rings (SSSR count). The molecule has 0 spiro atoms. The number of nitrogens with one attached hydrogen (secondary N) is 2. The van der Waals surface area contributed by atoms with Gasteiger partial charge in [0.2, 0.25) is 5.91 Å². The van der Waals surface area contributed by atoms with Gasteiger partial charge in [-0.05, 0) is 38.0 Å². The van der Waals surface area contributed by atoms with Crippen molar-refractivity contribution in [2.24, 2.45) is 0 Å². The van der Waals surface area contributed by atoms with E-state index in [2.05, 4.69) is 17.6 Å². The predicted octanol–water partition coefficient (Wildman–Crippen LogP) is 3.61. The van der Waals surface area contributed by atoms with E-state index < -0.39 is 0 Å². The maximum atomic E-state index is 12.2. The van der Waals surface area contributed by atoms with Gasteiger partial charge < -0.3 is 15.5 Å². The molecule has 0 heterocycles. The first-order chi connectivity index (χ1) is 9.85. The van der Waals surface area contributed by atoms with Gasteiger partial charge in [0.25, 0.3) is 0 Å². The Morgan fingerprint density at radius 3 is 2.52 bits per heavy atom. The fraction of sp³-hybridized carbons (Fsp3) is 0.500. The van der Waals surface area contributed by atoms with Crippen LogP contribution in [0, 0.1) is 6.92 Å². The second-order valence-electron chi connectivity index (χ2n) is 5.39. The molecule has 0 aliphatic heterocycles. The second-order valence-corrected chi connectivity index (χ2v) is 5.39. The molecular weight excluding hydrogens is 266 g/mol. The maximum absolute atomic E-state index is 12.2. The lowest BCUT2D eigenvalue weighted by Gasteiger charge is -2.25. The molecule has 0 radical (unpaired) electrons. The molecule has 1 aromatic carbocycles. The van der Waals surface area contributed by atoms with E-state index in [0.29, 0.717) is 11.4 Å². The Kier molecular flexibility index (Phi) is 6.21.